The van der Waals surface area contributed by atoms with Gasteiger partial charge in [-0.3, -0.25) is 0 Å². The summed E-state index contributed by atoms with van der Waals surface area (Å²) in [5.41, 5.74) is 0. The fourth-order valence-electron chi connectivity index (χ4n) is 0.646. The normalized spacial score (nSPS) is 9.56. The topological polar surface area (TPSA) is 3.88 Å². The van der Waals surface area contributed by atoms with Crippen LogP contribution in [0, 0.1) is 6.26 Å². The van der Waals surface area contributed by atoms with Crippen molar-refractivity contribution in [3.05, 3.63) is 30.8 Å². The molecule has 0 atom stereocenters. The van der Waals surface area contributed by atoms with Crippen molar-refractivity contribution in [1.82, 2.24) is 0 Å². The van der Waals surface area contributed by atoms with E-state index in [4.69, 9.17) is 0 Å². The second-order valence-corrected chi connectivity index (χ2v) is 2.61. The van der Waals surface area contributed by atoms with Gasteiger partial charge in [-0.1, -0.05) is 0 Å². The molecule has 0 unspecified atom stereocenters. The Kier molecular flexibility index (Phi) is 2.11. The van der Waals surface area contributed by atoms with E-state index in [-0.39, 0.29) is 0 Å². The van der Waals surface area contributed by atoms with Gasteiger partial charge in [0.1, 0.15) is 7.05 Å². The van der Waals surface area contributed by atoms with Crippen LogP contribution in [0.25, 0.3) is 0 Å². The Balaban J connectivity index is 2.94. The molecule has 1 nitrogen and oxygen atoms in total. The lowest BCUT2D eigenvalue weighted by Crippen LogP contribution is -2.25. The van der Waals surface area contributed by atoms with E-state index in [9.17, 15) is 0 Å². The second kappa shape index (κ2) is 2.87. The fraction of sp³-hybridized carbons (Fsp3) is 0.143. The van der Waals surface area contributed by atoms with E-state index in [2.05, 4.69) is 6.26 Å². The van der Waals surface area contributed by atoms with Gasteiger partial charge in [0, 0.05) is 12.3 Å². The van der Waals surface area contributed by atoms with Gasteiger partial charge in [0.2, 0.25) is 0 Å². The van der Waals surface area contributed by atoms with E-state index in [1.807, 2.05) is 36.1 Å². The van der Waals surface area contributed by atoms with Gasteiger partial charge in [-0.15, -0.1) is 11.8 Å². The predicted molar refractivity (Wildman–Crippen MR) is 38.8 cm³/mol. The van der Waals surface area contributed by atoms with Crippen LogP contribution >= 0.6 is 11.8 Å². The summed E-state index contributed by atoms with van der Waals surface area (Å²) >= 11 is 1.51. The average Bonchev–Trinajstić information content (AvgIpc) is 1.88. The second-order valence-electron chi connectivity index (χ2n) is 1.85. The first-order valence-electron chi connectivity index (χ1n) is 2.70. The van der Waals surface area contributed by atoms with Crippen molar-refractivity contribution < 1.29 is 4.57 Å². The van der Waals surface area contributed by atoms with E-state index in [0.29, 0.717) is 0 Å². The highest BCUT2D eigenvalue weighted by molar-refractivity contribution is 8.00. The molecule has 0 aliphatic rings. The first-order chi connectivity index (χ1) is 4.33. The third kappa shape index (κ3) is 1.72. The zero-order valence-corrected chi connectivity index (χ0v) is 6.19. The molecule has 0 amide bonds. The molecule has 0 aliphatic carbocycles. The van der Waals surface area contributed by atoms with E-state index in [1.165, 1.54) is 16.7 Å². The molecule has 0 aromatic carbocycles. The zero-order valence-electron chi connectivity index (χ0n) is 5.37. The maximum atomic E-state index is 3.70. The molecule has 0 saturated heterocycles. The Morgan fingerprint density at radius 1 is 1.67 bits per heavy atom. The van der Waals surface area contributed by atoms with Crippen LogP contribution in [0.4, 0.5) is 0 Å². The van der Waals surface area contributed by atoms with Crippen LogP contribution in [-0.2, 0) is 7.05 Å². The van der Waals surface area contributed by atoms with Crippen molar-refractivity contribution in [1.29, 1.82) is 0 Å². The lowest BCUT2D eigenvalue weighted by molar-refractivity contribution is -0.673. The molecule has 1 radical (unpaired) electrons. The third-order valence-electron chi connectivity index (χ3n) is 1.08. The lowest BCUT2D eigenvalue weighted by atomic mass is 10.5. The summed E-state index contributed by atoms with van der Waals surface area (Å²) in [5.74, 6) is 0. The summed E-state index contributed by atoms with van der Waals surface area (Å²) in [4.78, 5) is 1.19. The molecule has 1 heterocycles. The number of hydrogen-bond acceptors (Lipinski definition) is 1. The molecule has 9 heavy (non-hydrogen) atoms. The molecule has 0 fully saturated rings. The SMILES string of the molecule is [CH2]Sc1ccc[n+](C)c1. The van der Waals surface area contributed by atoms with Gasteiger partial charge < -0.3 is 0 Å². The van der Waals surface area contributed by atoms with Crippen LogP contribution in [0.2, 0.25) is 0 Å². The van der Waals surface area contributed by atoms with Crippen molar-refractivity contribution in [2.45, 2.75) is 4.90 Å². The Morgan fingerprint density at radius 3 is 2.89 bits per heavy atom. The van der Waals surface area contributed by atoms with Gasteiger partial charge >= 0.3 is 0 Å². The number of nitrogens with zero attached hydrogens (tertiary/aromatic N) is 1. The first-order valence-corrected chi connectivity index (χ1v) is 3.69. The van der Waals surface area contributed by atoms with Gasteiger partial charge in [0.25, 0.3) is 0 Å². The maximum Gasteiger partial charge on any atom is 0.182 e. The Hall–Kier alpha value is -0.500. The number of aryl methyl sites for hydroxylation is 1. The smallest absolute Gasteiger partial charge is 0.182 e. The Morgan fingerprint density at radius 2 is 2.44 bits per heavy atom. The minimum Gasteiger partial charge on any atom is -0.207 e. The van der Waals surface area contributed by atoms with Crippen molar-refractivity contribution in [2.24, 2.45) is 7.05 Å². The van der Waals surface area contributed by atoms with Crippen LogP contribution in [0.5, 0.6) is 0 Å². The van der Waals surface area contributed by atoms with Gasteiger partial charge in [-0.25, -0.2) is 4.57 Å². The summed E-state index contributed by atoms with van der Waals surface area (Å²) in [5, 5.41) is 0. The van der Waals surface area contributed by atoms with Crippen LogP contribution in [-0.4, -0.2) is 0 Å². The fourth-order valence-corrected chi connectivity index (χ4v) is 1.06. The van der Waals surface area contributed by atoms with Gasteiger partial charge in [0.15, 0.2) is 12.4 Å². The molecular formula is C7H9NS+. The molecule has 1 aromatic rings. The highest BCUT2D eigenvalue weighted by Gasteiger charge is 1.92. The van der Waals surface area contributed by atoms with Crippen molar-refractivity contribution in [2.75, 3.05) is 0 Å². The standard InChI is InChI=1S/C7H9NS/c1-8-5-3-4-7(6-8)9-2/h3-6H,2H2,1H3/q+1. The van der Waals surface area contributed by atoms with Gasteiger partial charge in [-0.05, 0) is 6.07 Å². The minimum atomic E-state index is 1.19. The molecule has 0 spiro atoms. The van der Waals surface area contributed by atoms with E-state index in [0.717, 1.165) is 0 Å². The molecule has 1 aromatic heterocycles. The maximum absolute atomic E-state index is 3.70. The number of aromatic nitrogens is 1. The van der Waals surface area contributed by atoms with E-state index in [1.54, 1.807) is 0 Å². The molecule has 2 heteroatoms. The van der Waals surface area contributed by atoms with Gasteiger partial charge in [-0.2, -0.15) is 0 Å². The third-order valence-corrected chi connectivity index (χ3v) is 1.65. The molecule has 1 rings (SSSR count). The summed E-state index contributed by atoms with van der Waals surface area (Å²) in [6.07, 6.45) is 7.74. The first kappa shape index (κ1) is 6.62. The monoisotopic (exact) mass is 139 g/mol. The van der Waals surface area contributed by atoms with Crippen molar-refractivity contribution in [3.63, 3.8) is 0 Å². The highest BCUT2D eigenvalue weighted by Crippen LogP contribution is 2.11. The van der Waals surface area contributed by atoms with E-state index < -0.39 is 0 Å². The molecule has 47 valence electrons. The number of hydrogen-bond donors (Lipinski definition) is 0. The number of rotatable bonds is 1. The average molecular weight is 139 g/mol. The van der Waals surface area contributed by atoms with Crippen molar-refractivity contribution in [3.8, 4) is 0 Å². The molecular weight excluding hydrogens is 130 g/mol. The highest BCUT2D eigenvalue weighted by atomic mass is 32.2. The van der Waals surface area contributed by atoms with Gasteiger partial charge in [0.05, 0.1) is 4.90 Å². The van der Waals surface area contributed by atoms with Crippen LogP contribution in [0.3, 0.4) is 0 Å². The molecule has 0 saturated carbocycles. The van der Waals surface area contributed by atoms with E-state index >= 15 is 0 Å². The quantitative estimate of drug-likeness (QED) is 0.420. The number of pyridine rings is 1. The minimum absolute atomic E-state index is 1.19. The summed E-state index contributed by atoms with van der Waals surface area (Å²) in [7, 11) is 2.00. The number of thioether (sulfide) groups is 1. The molecule has 0 N–H and O–H groups in total. The zero-order chi connectivity index (χ0) is 6.69. The Bertz CT molecular complexity index is 198. The molecule has 0 bridgehead atoms. The summed E-state index contributed by atoms with van der Waals surface area (Å²) in [6, 6.07) is 4.05. The van der Waals surface area contributed by atoms with Crippen LogP contribution < -0.4 is 4.57 Å². The van der Waals surface area contributed by atoms with Crippen molar-refractivity contribution >= 4 is 11.8 Å². The largest absolute Gasteiger partial charge is 0.207 e. The summed E-state index contributed by atoms with van der Waals surface area (Å²) in [6.45, 7) is 0. The van der Waals surface area contributed by atoms with Crippen LogP contribution in [0.15, 0.2) is 29.4 Å². The molecule has 0 aliphatic heterocycles. The Labute approximate surface area is 59.7 Å². The predicted octanol–water partition coefficient (Wildman–Crippen LogP) is 1.39. The lowest BCUT2D eigenvalue weighted by Gasteiger charge is -1.89. The summed E-state index contributed by atoms with van der Waals surface area (Å²) < 4.78 is 2.01. The van der Waals surface area contributed by atoms with Crippen LogP contribution in [0.1, 0.15) is 0 Å².